The SMILES string of the molecule is CCCCn1cnc2c(ncn2[C@@H]2O[C@H](COP(=O)(O)O)[C@@H](O)[C@H]2O)c1=O. The Morgan fingerprint density at radius 3 is 2.67 bits per heavy atom. The Hall–Kier alpha value is -1.66. The summed E-state index contributed by atoms with van der Waals surface area (Å²) < 4.78 is 23.4. The highest BCUT2D eigenvalue weighted by Gasteiger charge is 2.45. The fraction of sp³-hybridized carbons (Fsp3) is 0.643. The van der Waals surface area contributed by atoms with Crippen LogP contribution < -0.4 is 5.56 Å². The Balaban J connectivity index is 1.86. The first-order valence-electron chi connectivity index (χ1n) is 8.36. The van der Waals surface area contributed by atoms with Gasteiger partial charge in [-0.3, -0.25) is 18.5 Å². The van der Waals surface area contributed by atoms with Gasteiger partial charge in [0.05, 0.1) is 12.9 Å². The lowest BCUT2D eigenvalue weighted by Crippen LogP contribution is -2.33. The van der Waals surface area contributed by atoms with Crippen molar-refractivity contribution < 1.29 is 33.8 Å². The molecule has 0 aliphatic carbocycles. The summed E-state index contributed by atoms with van der Waals surface area (Å²) in [5, 5.41) is 20.3. The molecule has 1 aliphatic heterocycles. The monoisotopic (exact) mass is 404 g/mol. The number of aliphatic hydroxyl groups is 2. The van der Waals surface area contributed by atoms with Gasteiger partial charge in [0, 0.05) is 6.54 Å². The zero-order valence-electron chi connectivity index (χ0n) is 14.5. The lowest BCUT2D eigenvalue weighted by molar-refractivity contribution is -0.0504. The van der Waals surface area contributed by atoms with E-state index in [4.69, 9.17) is 14.5 Å². The van der Waals surface area contributed by atoms with Gasteiger partial charge in [-0.25, -0.2) is 14.5 Å². The number of nitrogens with zero attached hydrogens (tertiary/aromatic N) is 4. The van der Waals surface area contributed by atoms with Crippen molar-refractivity contribution in [3.63, 3.8) is 0 Å². The number of rotatable bonds is 7. The second-order valence-electron chi connectivity index (χ2n) is 6.25. The van der Waals surface area contributed by atoms with Gasteiger partial charge in [-0.15, -0.1) is 0 Å². The third kappa shape index (κ3) is 4.11. The summed E-state index contributed by atoms with van der Waals surface area (Å²) in [5.74, 6) is 0. The molecule has 150 valence electrons. The number of imidazole rings is 1. The van der Waals surface area contributed by atoms with E-state index in [1.165, 1.54) is 21.8 Å². The van der Waals surface area contributed by atoms with E-state index in [1.807, 2.05) is 6.92 Å². The van der Waals surface area contributed by atoms with Gasteiger partial charge in [0.25, 0.3) is 5.56 Å². The minimum atomic E-state index is -4.75. The molecule has 2 aromatic heterocycles. The van der Waals surface area contributed by atoms with Crippen LogP contribution in [0, 0.1) is 0 Å². The van der Waals surface area contributed by atoms with Gasteiger partial charge in [-0.05, 0) is 6.42 Å². The molecule has 0 radical (unpaired) electrons. The summed E-state index contributed by atoms with van der Waals surface area (Å²) in [6.07, 6.45) is -0.849. The molecule has 4 N–H and O–H groups in total. The number of phosphoric ester groups is 1. The lowest BCUT2D eigenvalue weighted by Gasteiger charge is -2.16. The lowest BCUT2D eigenvalue weighted by atomic mass is 10.1. The van der Waals surface area contributed by atoms with Crippen molar-refractivity contribution in [2.75, 3.05) is 6.61 Å². The molecule has 12 nitrogen and oxygen atoms in total. The smallest absolute Gasteiger partial charge is 0.387 e. The number of hydrogen-bond acceptors (Lipinski definition) is 8. The van der Waals surface area contributed by atoms with Crippen LogP contribution in [0.2, 0.25) is 0 Å². The Labute approximate surface area is 153 Å². The molecule has 0 spiro atoms. The molecular formula is C14H21N4O8P. The van der Waals surface area contributed by atoms with Crippen LogP contribution in [-0.4, -0.2) is 64.0 Å². The number of unbranched alkanes of at least 4 members (excludes halogenated alkanes) is 1. The van der Waals surface area contributed by atoms with Gasteiger partial charge in [0.1, 0.15) is 24.6 Å². The van der Waals surface area contributed by atoms with Crippen LogP contribution in [0.4, 0.5) is 0 Å². The Kier molecular flexibility index (Phi) is 5.77. The Morgan fingerprint density at radius 2 is 2.00 bits per heavy atom. The summed E-state index contributed by atoms with van der Waals surface area (Å²) in [4.78, 5) is 38.3. The van der Waals surface area contributed by atoms with Crippen molar-refractivity contribution in [3.8, 4) is 0 Å². The molecule has 3 heterocycles. The summed E-state index contributed by atoms with van der Waals surface area (Å²) in [5.41, 5.74) is -0.0732. The topological polar surface area (TPSA) is 169 Å². The molecule has 3 rings (SSSR count). The molecule has 27 heavy (non-hydrogen) atoms. The van der Waals surface area contributed by atoms with Gasteiger partial charge < -0.3 is 24.7 Å². The van der Waals surface area contributed by atoms with Crippen molar-refractivity contribution in [1.29, 1.82) is 0 Å². The van der Waals surface area contributed by atoms with E-state index >= 15 is 0 Å². The van der Waals surface area contributed by atoms with Crippen molar-refractivity contribution in [2.24, 2.45) is 0 Å². The summed E-state index contributed by atoms with van der Waals surface area (Å²) in [6, 6.07) is 0. The van der Waals surface area contributed by atoms with Gasteiger partial charge >= 0.3 is 7.82 Å². The molecule has 2 aromatic rings. The van der Waals surface area contributed by atoms with Gasteiger partial charge in [-0.1, -0.05) is 13.3 Å². The predicted molar refractivity (Wildman–Crippen MR) is 90.6 cm³/mol. The summed E-state index contributed by atoms with van der Waals surface area (Å²) in [7, 11) is -4.75. The normalized spacial score (nSPS) is 26.1. The van der Waals surface area contributed by atoms with E-state index < -0.39 is 39.0 Å². The van der Waals surface area contributed by atoms with Gasteiger partial charge in [0.2, 0.25) is 0 Å². The number of phosphoric acid groups is 1. The molecule has 1 saturated heterocycles. The second kappa shape index (κ2) is 7.76. The number of aromatic nitrogens is 4. The van der Waals surface area contributed by atoms with E-state index in [1.54, 1.807) is 0 Å². The molecule has 0 saturated carbocycles. The number of aliphatic hydroxyl groups excluding tert-OH is 2. The van der Waals surface area contributed by atoms with Crippen LogP contribution in [-0.2, 0) is 20.4 Å². The van der Waals surface area contributed by atoms with Crippen LogP contribution in [0.5, 0.6) is 0 Å². The fourth-order valence-corrected chi connectivity index (χ4v) is 3.23. The van der Waals surface area contributed by atoms with Crippen molar-refractivity contribution in [2.45, 2.75) is 50.8 Å². The molecule has 4 atom stereocenters. The van der Waals surface area contributed by atoms with E-state index in [0.29, 0.717) is 6.54 Å². The second-order valence-corrected chi connectivity index (χ2v) is 7.49. The average molecular weight is 404 g/mol. The molecule has 13 heteroatoms. The predicted octanol–water partition coefficient (Wildman–Crippen LogP) is -0.878. The van der Waals surface area contributed by atoms with Crippen molar-refractivity contribution in [1.82, 2.24) is 19.1 Å². The average Bonchev–Trinajstić information content (AvgIpc) is 3.15. The van der Waals surface area contributed by atoms with E-state index in [0.717, 1.165) is 12.8 Å². The van der Waals surface area contributed by atoms with Gasteiger partial charge in [-0.2, -0.15) is 0 Å². The van der Waals surface area contributed by atoms with E-state index in [2.05, 4.69) is 14.5 Å². The van der Waals surface area contributed by atoms with Crippen LogP contribution in [0.3, 0.4) is 0 Å². The number of hydrogen-bond donors (Lipinski definition) is 4. The first-order valence-corrected chi connectivity index (χ1v) is 9.89. The molecule has 0 amide bonds. The molecular weight excluding hydrogens is 383 g/mol. The van der Waals surface area contributed by atoms with Crippen LogP contribution in [0.1, 0.15) is 26.0 Å². The molecule has 0 aromatic carbocycles. The maximum absolute atomic E-state index is 12.5. The minimum Gasteiger partial charge on any atom is -0.387 e. The standard InChI is InChI=1S/C14H21N4O8P/c1-2-3-4-17-6-16-12-9(13(17)21)15-7-18(12)14-11(20)10(19)8(26-14)5-25-27(22,23)24/h6-8,10-11,14,19-20H,2-5H2,1H3,(H2,22,23,24)/t8-,10-,11-,14-/m1/s1. The Bertz CT molecular complexity index is 908. The quantitative estimate of drug-likeness (QED) is 0.425. The minimum absolute atomic E-state index is 0.0915. The van der Waals surface area contributed by atoms with Crippen molar-refractivity contribution >= 4 is 19.0 Å². The van der Waals surface area contributed by atoms with Crippen LogP contribution in [0.15, 0.2) is 17.4 Å². The first kappa shape index (κ1) is 20.1. The first-order chi connectivity index (χ1) is 12.7. The van der Waals surface area contributed by atoms with E-state index in [9.17, 15) is 19.6 Å². The highest BCUT2D eigenvalue weighted by Crippen LogP contribution is 2.38. The number of fused-ring (bicyclic) bond motifs is 1. The zero-order valence-corrected chi connectivity index (χ0v) is 15.3. The zero-order chi connectivity index (χ0) is 19.8. The highest BCUT2D eigenvalue weighted by molar-refractivity contribution is 7.46. The highest BCUT2D eigenvalue weighted by atomic mass is 31.2. The number of aryl methyl sites for hydroxylation is 1. The maximum Gasteiger partial charge on any atom is 0.469 e. The number of ether oxygens (including phenoxy) is 1. The summed E-state index contributed by atoms with van der Waals surface area (Å²) in [6.45, 7) is 1.89. The van der Waals surface area contributed by atoms with E-state index in [-0.39, 0.29) is 16.7 Å². The largest absolute Gasteiger partial charge is 0.469 e. The molecule has 1 aliphatic rings. The third-order valence-electron chi connectivity index (χ3n) is 4.32. The van der Waals surface area contributed by atoms with Crippen LogP contribution in [0.25, 0.3) is 11.2 Å². The van der Waals surface area contributed by atoms with Crippen LogP contribution >= 0.6 is 7.82 Å². The van der Waals surface area contributed by atoms with Crippen molar-refractivity contribution in [3.05, 3.63) is 23.0 Å². The fourth-order valence-electron chi connectivity index (χ4n) is 2.89. The van der Waals surface area contributed by atoms with Gasteiger partial charge in [0.15, 0.2) is 17.4 Å². The third-order valence-corrected chi connectivity index (χ3v) is 4.81. The maximum atomic E-state index is 12.5. The molecule has 1 fully saturated rings. The molecule has 0 bridgehead atoms. The summed E-state index contributed by atoms with van der Waals surface area (Å²) >= 11 is 0. The molecule has 0 unspecified atom stereocenters. The Morgan fingerprint density at radius 1 is 1.26 bits per heavy atom.